The zero-order valence-electron chi connectivity index (χ0n) is 11.4. The molecular formula is C16H23NO. The van der Waals surface area contributed by atoms with Crippen molar-refractivity contribution in [2.24, 2.45) is 5.92 Å². The summed E-state index contributed by atoms with van der Waals surface area (Å²) in [5.74, 6) is 0.899. The number of benzene rings is 1. The predicted molar refractivity (Wildman–Crippen MR) is 74.2 cm³/mol. The number of rotatable bonds is 5. The molecule has 2 rings (SSSR count). The number of nitrogens with zero attached hydrogens (tertiary/aromatic N) is 1. The summed E-state index contributed by atoms with van der Waals surface area (Å²) in [6, 6.07) is 10.5. The molecule has 2 atom stereocenters. The van der Waals surface area contributed by atoms with Crippen molar-refractivity contribution in [2.45, 2.75) is 45.6 Å². The summed E-state index contributed by atoms with van der Waals surface area (Å²) in [7, 11) is 0. The van der Waals surface area contributed by atoms with E-state index in [0.717, 1.165) is 13.0 Å². The molecule has 1 aliphatic heterocycles. The highest BCUT2D eigenvalue weighted by Gasteiger charge is 2.32. The molecule has 0 saturated carbocycles. The first-order valence-electron chi connectivity index (χ1n) is 7.06. The average molecular weight is 245 g/mol. The Kier molecular flexibility index (Phi) is 4.40. The molecule has 18 heavy (non-hydrogen) atoms. The van der Waals surface area contributed by atoms with Gasteiger partial charge in [0, 0.05) is 13.0 Å². The molecular weight excluding hydrogens is 222 g/mol. The Morgan fingerprint density at radius 2 is 2.06 bits per heavy atom. The third-order valence-electron chi connectivity index (χ3n) is 3.95. The highest BCUT2D eigenvalue weighted by molar-refractivity contribution is 5.79. The van der Waals surface area contributed by atoms with Crippen LogP contribution in [0.15, 0.2) is 30.3 Å². The van der Waals surface area contributed by atoms with Gasteiger partial charge in [0.15, 0.2) is 0 Å². The summed E-state index contributed by atoms with van der Waals surface area (Å²) in [6.07, 6.45) is 4.40. The molecule has 0 aromatic heterocycles. The molecule has 1 aromatic carbocycles. The van der Waals surface area contributed by atoms with Crippen molar-refractivity contribution < 1.29 is 4.79 Å². The van der Waals surface area contributed by atoms with Gasteiger partial charge in [0.2, 0.25) is 5.91 Å². The van der Waals surface area contributed by atoms with Gasteiger partial charge in [0.05, 0.1) is 6.04 Å². The first-order chi connectivity index (χ1) is 8.72. The van der Waals surface area contributed by atoms with E-state index in [9.17, 15) is 4.79 Å². The quantitative estimate of drug-likeness (QED) is 0.773. The van der Waals surface area contributed by atoms with Crippen LogP contribution in [0.25, 0.3) is 0 Å². The third-order valence-corrected chi connectivity index (χ3v) is 3.95. The summed E-state index contributed by atoms with van der Waals surface area (Å²) in [6.45, 7) is 5.28. The smallest absolute Gasteiger partial charge is 0.223 e. The van der Waals surface area contributed by atoms with Crippen LogP contribution in [0, 0.1) is 5.92 Å². The summed E-state index contributed by atoms with van der Waals surface area (Å²) in [5, 5.41) is 0. The normalized spacial score (nSPS) is 21.3. The van der Waals surface area contributed by atoms with Gasteiger partial charge >= 0.3 is 0 Å². The van der Waals surface area contributed by atoms with Crippen LogP contribution in [0.5, 0.6) is 0 Å². The van der Waals surface area contributed by atoms with E-state index < -0.39 is 0 Å². The molecule has 1 unspecified atom stereocenters. The van der Waals surface area contributed by atoms with Crippen LogP contribution >= 0.6 is 0 Å². The Balaban J connectivity index is 1.99. The van der Waals surface area contributed by atoms with Gasteiger partial charge in [0.1, 0.15) is 0 Å². The molecule has 0 spiro atoms. The number of hydrogen-bond acceptors (Lipinski definition) is 1. The Hall–Kier alpha value is -1.31. The molecule has 1 fully saturated rings. The predicted octanol–water partition coefficient (Wildman–Crippen LogP) is 3.79. The maximum Gasteiger partial charge on any atom is 0.223 e. The Morgan fingerprint density at radius 1 is 1.33 bits per heavy atom. The zero-order chi connectivity index (χ0) is 13.0. The zero-order valence-corrected chi connectivity index (χ0v) is 11.4. The molecule has 0 bridgehead atoms. The average Bonchev–Trinajstić information content (AvgIpc) is 2.78. The van der Waals surface area contributed by atoms with Crippen LogP contribution < -0.4 is 0 Å². The van der Waals surface area contributed by atoms with Gasteiger partial charge < -0.3 is 4.90 Å². The molecule has 1 heterocycles. The van der Waals surface area contributed by atoms with Crippen LogP contribution in [0.1, 0.15) is 51.1 Å². The van der Waals surface area contributed by atoms with Crippen molar-refractivity contribution in [3.05, 3.63) is 35.9 Å². The number of amides is 1. The van der Waals surface area contributed by atoms with Crippen molar-refractivity contribution in [1.29, 1.82) is 0 Å². The van der Waals surface area contributed by atoms with Gasteiger partial charge in [-0.2, -0.15) is 0 Å². The van der Waals surface area contributed by atoms with Crippen molar-refractivity contribution in [3.8, 4) is 0 Å². The molecule has 2 nitrogen and oxygen atoms in total. The SMILES string of the molecule is CCCCC1CC(=O)N([C@@H](C)c2ccccc2)C1. The fraction of sp³-hybridized carbons (Fsp3) is 0.562. The lowest BCUT2D eigenvalue weighted by molar-refractivity contribution is -0.129. The molecule has 0 radical (unpaired) electrons. The van der Waals surface area contributed by atoms with Crippen LogP contribution in [-0.4, -0.2) is 17.4 Å². The van der Waals surface area contributed by atoms with Crippen LogP contribution in [0.4, 0.5) is 0 Å². The monoisotopic (exact) mass is 245 g/mol. The van der Waals surface area contributed by atoms with Crippen LogP contribution in [0.3, 0.4) is 0 Å². The molecule has 1 saturated heterocycles. The molecule has 0 N–H and O–H groups in total. The molecule has 1 aliphatic rings. The second kappa shape index (κ2) is 6.03. The van der Waals surface area contributed by atoms with Gasteiger partial charge in [-0.3, -0.25) is 4.79 Å². The van der Waals surface area contributed by atoms with Gasteiger partial charge in [-0.25, -0.2) is 0 Å². The third kappa shape index (κ3) is 2.92. The lowest BCUT2D eigenvalue weighted by atomic mass is 10.0. The fourth-order valence-corrected chi connectivity index (χ4v) is 2.78. The van der Waals surface area contributed by atoms with E-state index in [4.69, 9.17) is 0 Å². The van der Waals surface area contributed by atoms with Crippen molar-refractivity contribution in [2.75, 3.05) is 6.54 Å². The minimum atomic E-state index is 0.213. The van der Waals surface area contributed by atoms with Gasteiger partial charge in [-0.15, -0.1) is 0 Å². The van der Waals surface area contributed by atoms with E-state index in [1.54, 1.807) is 0 Å². The minimum Gasteiger partial charge on any atom is -0.336 e. The van der Waals surface area contributed by atoms with Gasteiger partial charge in [0.25, 0.3) is 0 Å². The van der Waals surface area contributed by atoms with E-state index in [0.29, 0.717) is 11.8 Å². The molecule has 1 amide bonds. The molecule has 0 aliphatic carbocycles. The number of carbonyl (C=O) groups is 1. The molecule has 98 valence electrons. The van der Waals surface area contributed by atoms with E-state index in [1.165, 1.54) is 24.8 Å². The first kappa shape index (κ1) is 13.1. The molecule has 1 aromatic rings. The largest absolute Gasteiger partial charge is 0.336 e. The second-order valence-electron chi connectivity index (χ2n) is 5.35. The Bertz CT molecular complexity index is 387. The van der Waals surface area contributed by atoms with Gasteiger partial charge in [-0.05, 0) is 24.8 Å². The Labute approximate surface area is 110 Å². The van der Waals surface area contributed by atoms with Crippen molar-refractivity contribution >= 4 is 5.91 Å². The topological polar surface area (TPSA) is 20.3 Å². The van der Waals surface area contributed by atoms with Crippen LogP contribution in [-0.2, 0) is 4.79 Å². The van der Waals surface area contributed by atoms with E-state index in [2.05, 4.69) is 30.9 Å². The highest BCUT2D eigenvalue weighted by atomic mass is 16.2. The van der Waals surface area contributed by atoms with Crippen molar-refractivity contribution in [1.82, 2.24) is 4.90 Å². The van der Waals surface area contributed by atoms with E-state index >= 15 is 0 Å². The highest BCUT2D eigenvalue weighted by Crippen LogP contribution is 2.30. The summed E-state index contributed by atoms with van der Waals surface area (Å²) in [5.41, 5.74) is 1.24. The fourth-order valence-electron chi connectivity index (χ4n) is 2.78. The summed E-state index contributed by atoms with van der Waals surface area (Å²) < 4.78 is 0. The maximum atomic E-state index is 12.1. The molecule has 2 heteroatoms. The standard InChI is InChI=1S/C16H23NO/c1-3-4-8-14-11-16(18)17(12-14)13(2)15-9-6-5-7-10-15/h5-7,9-10,13-14H,3-4,8,11-12H2,1-2H3/t13-,14?/m0/s1. The first-order valence-corrected chi connectivity index (χ1v) is 7.06. The van der Waals surface area contributed by atoms with Crippen molar-refractivity contribution in [3.63, 3.8) is 0 Å². The number of unbranched alkanes of at least 4 members (excludes halogenated alkanes) is 1. The maximum absolute atomic E-state index is 12.1. The number of carbonyl (C=O) groups excluding carboxylic acids is 1. The minimum absolute atomic E-state index is 0.213. The number of likely N-dealkylation sites (tertiary alicyclic amines) is 1. The van der Waals surface area contributed by atoms with Crippen LogP contribution in [0.2, 0.25) is 0 Å². The second-order valence-corrected chi connectivity index (χ2v) is 5.35. The lowest BCUT2D eigenvalue weighted by Gasteiger charge is -2.25. The van der Waals surface area contributed by atoms with E-state index in [-0.39, 0.29) is 6.04 Å². The van der Waals surface area contributed by atoms with Gasteiger partial charge in [-0.1, -0.05) is 50.1 Å². The summed E-state index contributed by atoms with van der Waals surface area (Å²) in [4.78, 5) is 14.1. The number of hydrogen-bond donors (Lipinski definition) is 0. The summed E-state index contributed by atoms with van der Waals surface area (Å²) >= 11 is 0. The Morgan fingerprint density at radius 3 is 2.72 bits per heavy atom. The lowest BCUT2D eigenvalue weighted by Crippen LogP contribution is -2.28. The van der Waals surface area contributed by atoms with E-state index in [1.807, 2.05) is 18.2 Å².